The summed E-state index contributed by atoms with van der Waals surface area (Å²) in [5.41, 5.74) is 17.4. The topological polar surface area (TPSA) is 51.6 Å². The van der Waals surface area contributed by atoms with Crippen molar-refractivity contribution in [3.8, 4) is 101 Å². The summed E-state index contributed by atoms with van der Waals surface area (Å²) in [4.78, 5) is 23.1. The van der Waals surface area contributed by atoms with E-state index in [1.807, 2.05) is 12.1 Å². The number of rotatable bonds is 9. The highest BCUT2D eigenvalue weighted by atomic mass is 32.1. The maximum absolute atomic E-state index is 5.37. The van der Waals surface area contributed by atoms with Crippen molar-refractivity contribution in [2.24, 2.45) is 0 Å². The van der Waals surface area contributed by atoms with Gasteiger partial charge in [0.05, 0.1) is 11.4 Å². The number of hydrogen-bond acceptors (Lipinski definition) is 6. The van der Waals surface area contributed by atoms with Crippen LogP contribution in [0.15, 0.2) is 255 Å². The molecule has 0 amide bonds. The first-order chi connectivity index (χ1) is 36.6. The quantitative estimate of drug-likeness (QED) is 0.145. The van der Waals surface area contributed by atoms with E-state index in [0.717, 1.165) is 110 Å². The highest BCUT2D eigenvalue weighted by Gasteiger charge is 2.20. The molecule has 0 atom stereocenters. The highest BCUT2D eigenvalue weighted by molar-refractivity contribution is 7.26. The first-order valence-electron chi connectivity index (χ1n) is 24.8. The first-order valence-corrected chi connectivity index (χ1v) is 26.4. The van der Waals surface area contributed by atoms with Gasteiger partial charge in [0, 0.05) is 53.2 Å². The van der Waals surface area contributed by atoms with Gasteiger partial charge in [-0.15, -0.1) is 22.7 Å². The van der Waals surface area contributed by atoms with Crippen LogP contribution in [-0.4, -0.2) is 19.9 Å². The van der Waals surface area contributed by atoms with Gasteiger partial charge in [-0.05, 0) is 92.0 Å². The molecule has 4 nitrogen and oxygen atoms in total. The van der Waals surface area contributed by atoms with E-state index >= 15 is 0 Å². The van der Waals surface area contributed by atoms with Crippen LogP contribution in [0.4, 0.5) is 0 Å². The minimum atomic E-state index is 0.719. The molecule has 0 bridgehead atoms. The molecule has 0 saturated heterocycles. The van der Waals surface area contributed by atoms with Gasteiger partial charge in [-0.1, -0.05) is 218 Å². The predicted octanol–water partition coefficient (Wildman–Crippen LogP) is 19.0. The molecule has 0 aliphatic rings. The second-order valence-electron chi connectivity index (χ2n) is 18.6. The Labute approximate surface area is 436 Å². The lowest BCUT2D eigenvalue weighted by Gasteiger charge is -2.12. The molecule has 0 spiro atoms. The van der Waals surface area contributed by atoms with Crippen LogP contribution >= 0.6 is 22.7 Å². The molecule has 14 aromatic rings. The van der Waals surface area contributed by atoms with Gasteiger partial charge in [0.15, 0.2) is 11.6 Å². The van der Waals surface area contributed by atoms with E-state index in [0.29, 0.717) is 0 Å². The van der Waals surface area contributed by atoms with E-state index in [-0.39, 0.29) is 0 Å². The highest BCUT2D eigenvalue weighted by Crippen LogP contribution is 2.43. The third kappa shape index (κ3) is 8.03. The van der Waals surface area contributed by atoms with Gasteiger partial charge < -0.3 is 0 Å². The van der Waals surface area contributed by atoms with Crippen molar-refractivity contribution in [1.82, 2.24) is 19.9 Å². The molecule has 10 aromatic carbocycles. The summed E-state index contributed by atoms with van der Waals surface area (Å²) in [6.45, 7) is 0. The fourth-order valence-electron chi connectivity index (χ4n) is 10.3. The van der Waals surface area contributed by atoms with Crippen molar-refractivity contribution in [1.29, 1.82) is 0 Å². The Kier molecular flexibility index (Phi) is 10.9. The van der Waals surface area contributed by atoms with E-state index in [4.69, 9.17) is 19.9 Å². The zero-order valence-electron chi connectivity index (χ0n) is 39.9. The SMILES string of the molecule is c1ccc(-c2ccc(-c3nc(-c4cccc(-c5cccc(-c6cccc(-c7cccc(-c8nc(-c9ccc(-c%10ccccc%10)cc9)nc9sc%10ccccc%10c89)c7)c6)c5)c4)c4c(n3)sc3ccccc34)cc2)cc1. The van der Waals surface area contributed by atoms with Gasteiger partial charge >= 0.3 is 0 Å². The maximum Gasteiger partial charge on any atom is 0.161 e. The third-order valence-corrected chi connectivity index (χ3v) is 16.1. The van der Waals surface area contributed by atoms with Gasteiger partial charge in [0.2, 0.25) is 0 Å². The van der Waals surface area contributed by atoms with Gasteiger partial charge in [0.25, 0.3) is 0 Å². The lowest BCUT2D eigenvalue weighted by atomic mass is 9.94. The molecular weight excluding hydrogens is 937 g/mol. The van der Waals surface area contributed by atoms with Gasteiger partial charge in [-0.3, -0.25) is 0 Å². The average Bonchev–Trinajstić information content (AvgIpc) is 4.07. The molecule has 346 valence electrons. The summed E-state index contributed by atoms with van der Waals surface area (Å²) < 4.78 is 2.40. The van der Waals surface area contributed by atoms with Crippen LogP contribution in [0.25, 0.3) is 142 Å². The molecule has 0 aliphatic carbocycles. The van der Waals surface area contributed by atoms with Crippen molar-refractivity contribution >= 4 is 63.3 Å². The third-order valence-electron chi connectivity index (χ3n) is 14.0. The van der Waals surface area contributed by atoms with Crippen molar-refractivity contribution in [2.45, 2.75) is 0 Å². The Morgan fingerprint density at radius 3 is 0.878 bits per heavy atom. The van der Waals surface area contributed by atoms with E-state index < -0.39 is 0 Å². The standard InChI is InChI=1S/C68H42N4S2/c1-3-15-43(16-4-1)45-31-35-47(36-32-45)65-69-63(61-57-27-7-9-29-59(57)73-67(61)71-65)55-25-13-23-53(41-55)51-21-11-19-49(39-51)50-20-12-22-52(40-50)54-24-14-26-56(42-54)64-62-58-28-8-10-30-60(58)74-68(62)72-66(70-64)48-37-33-46(34-38-48)44-17-5-2-6-18-44/h1-42H. The molecule has 0 saturated carbocycles. The summed E-state index contributed by atoms with van der Waals surface area (Å²) in [6, 6.07) is 90.6. The Bertz CT molecular complexity index is 4120. The number of thiophene rings is 2. The van der Waals surface area contributed by atoms with Crippen LogP contribution in [0.2, 0.25) is 0 Å². The Hall–Kier alpha value is -9.20. The van der Waals surface area contributed by atoms with Crippen LogP contribution in [0, 0.1) is 0 Å². The average molecular weight is 979 g/mol. The van der Waals surface area contributed by atoms with E-state index in [1.54, 1.807) is 22.7 Å². The molecule has 0 N–H and O–H groups in total. The number of fused-ring (bicyclic) bond motifs is 6. The largest absolute Gasteiger partial charge is 0.227 e. The Balaban J connectivity index is 0.806. The normalized spacial score (nSPS) is 11.5. The summed E-state index contributed by atoms with van der Waals surface area (Å²) in [5.74, 6) is 1.44. The first kappa shape index (κ1) is 43.6. The van der Waals surface area contributed by atoms with Gasteiger partial charge in [0.1, 0.15) is 9.66 Å². The number of nitrogens with zero attached hydrogens (tertiary/aromatic N) is 4. The second kappa shape index (κ2) is 18.4. The summed E-state index contributed by atoms with van der Waals surface area (Å²) in [5, 5.41) is 4.52. The molecule has 4 aromatic heterocycles. The van der Waals surface area contributed by atoms with Crippen LogP contribution in [0.3, 0.4) is 0 Å². The predicted molar refractivity (Wildman–Crippen MR) is 312 cm³/mol. The molecule has 74 heavy (non-hydrogen) atoms. The van der Waals surface area contributed by atoms with Crippen molar-refractivity contribution in [3.05, 3.63) is 255 Å². The summed E-state index contributed by atoms with van der Waals surface area (Å²) in [7, 11) is 0. The lowest BCUT2D eigenvalue weighted by molar-refractivity contribution is 1.24. The second-order valence-corrected chi connectivity index (χ2v) is 20.6. The fraction of sp³-hybridized carbons (Fsp3) is 0. The monoisotopic (exact) mass is 978 g/mol. The molecule has 0 fully saturated rings. The molecule has 0 aliphatic heterocycles. The Morgan fingerprint density at radius 1 is 0.216 bits per heavy atom. The van der Waals surface area contributed by atoms with Gasteiger partial charge in [-0.2, -0.15) is 0 Å². The van der Waals surface area contributed by atoms with E-state index in [1.165, 1.54) is 31.3 Å². The number of aromatic nitrogens is 4. The van der Waals surface area contributed by atoms with Crippen LogP contribution in [0.5, 0.6) is 0 Å². The van der Waals surface area contributed by atoms with Gasteiger partial charge in [-0.25, -0.2) is 19.9 Å². The molecule has 0 radical (unpaired) electrons. The molecule has 14 rings (SSSR count). The minimum absolute atomic E-state index is 0.719. The maximum atomic E-state index is 5.37. The lowest BCUT2D eigenvalue weighted by Crippen LogP contribution is -1.94. The Morgan fingerprint density at radius 2 is 0.500 bits per heavy atom. The molecule has 4 heterocycles. The minimum Gasteiger partial charge on any atom is -0.227 e. The van der Waals surface area contributed by atoms with E-state index in [2.05, 4.69) is 243 Å². The summed E-state index contributed by atoms with van der Waals surface area (Å²) >= 11 is 3.44. The van der Waals surface area contributed by atoms with Crippen molar-refractivity contribution in [2.75, 3.05) is 0 Å². The molecule has 0 unspecified atom stereocenters. The van der Waals surface area contributed by atoms with Crippen molar-refractivity contribution in [3.63, 3.8) is 0 Å². The molecule has 6 heteroatoms. The number of benzene rings is 10. The summed E-state index contributed by atoms with van der Waals surface area (Å²) in [6.07, 6.45) is 0. The van der Waals surface area contributed by atoms with Crippen LogP contribution in [-0.2, 0) is 0 Å². The smallest absolute Gasteiger partial charge is 0.161 e. The van der Waals surface area contributed by atoms with Crippen LogP contribution < -0.4 is 0 Å². The van der Waals surface area contributed by atoms with Crippen LogP contribution in [0.1, 0.15) is 0 Å². The molecular formula is C68H42N4S2. The zero-order valence-corrected chi connectivity index (χ0v) is 41.5. The van der Waals surface area contributed by atoms with Crippen molar-refractivity contribution < 1.29 is 0 Å². The fourth-order valence-corrected chi connectivity index (χ4v) is 12.4. The number of hydrogen-bond donors (Lipinski definition) is 0. The van der Waals surface area contributed by atoms with E-state index in [9.17, 15) is 0 Å². The zero-order chi connectivity index (χ0) is 49.0.